The highest BCUT2D eigenvalue weighted by Gasteiger charge is 2.40. The van der Waals surface area contributed by atoms with Gasteiger partial charge < -0.3 is 10.2 Å². The Labute approximate surface area is 165 Å². The maximum Gasteiger partial charge on any atom is 0.324 e. The summed E-state index contributed by atoms with van der Waals surface area (Å²) < 4.78 is 0. The molecule has 1 heterocycles. The van der Waals surface area contributed by atoms with E-state index in [1.54, 1.807) is 30.9 Å². The van der Waals surface area contributed by atoms with Crippen LogP contribution >= 0.6 is 11.6 Å². The van der Waals surface area contributed by atoms with Crippen LogP contribution in [0.1, 0.15) is 57.5 Å². The third kappa shape index (κ3) is 4.10. The van der Waals surface area contributed by atoms with E-state index in [1.165, 1.54) is 0 Å². The van der Waals surface area contributed by atoms with Crippen molar-refractivity contribution in [1.29, 1.82) is 0 Å². The molecule has 2 rings (SSSR count). The summed E-state index contributed by atoms with van der Waals surface area (Å²) in [5.41, 5.74) is 1.11. The van der Waals surface area contributed by atoms with Crippen LogP contribution in [0.2, 0.25) is 5.02 Å². The molecular formula is C20H28ClN3O3. The molecule has 1 atom stereocenters. The number of urea groups is 1. The van der Waals surface area contributed by atoms with E-state index in [2.05, 4.69) is 5.32 Å². The number of nitrogens with zero attached hydrogens (tertiary/aromatic N) is 2. The average Bonchev–Trinajstić information content (AvgIpc) is 2.88. The molecule has 0 radical (unpaired) electrons. The van der Waals surface area contributed by atoms with E-state index in [4.69, 9.17) is 11.6 Å². The minimum Gasteiger partial charge on any atom is -0.338 e. The smallest absolute Gasteiger partial charge is 0.324 e. The van der Waals surface area contributed by atoms with Gasteiger partial charge in [-0.2, -0.15) is 0 Å². The Bertz CT molecular complexity index is 770. The quantitative estimate of drug-likeness (QED) is 0.847. The first-order valence-corrected chi connectivity index (χ1v) is 9.66. The number of rotatable bonds is 3. The molecule has 0 spiro atoms. The van der Waals surface area contributed by atoms with Crippen LogP contribution in [-0.2, 0) is 11.2 Å². The molecule has 148 valence electrons. The van der Waals surface area contributed by atoms with Gasteiger partial charge in [-0.05, 0) is 44.9 Å². The van der Waals surface area contributed by atoms with Crippen LogP contribution < -0.4 is 10.2 Å². The Morgan fingerprint density at radius 2 is 1.89 bits per heavy atom. The van der Waals surface area contributed by atoms with Gasteiger partial charge in [0.1, 0.15) is 0 Å². The molecule has 1 aliphatic rings. The Morgan fingerprint density at radius 1 is 1.26 bits per heavy atom. The molecule has 1 N–H and O–H groups in total. The second-order valence-corrected chi connectivity index (χ2v) is 8.26. The number of halogens is 1. The summed E-state index contributed by atoms with van der Waals surface area (Å²) in [6.07, 6.45) is 0.616. The first kappa shape index (κ1) is 21.2. The highest BCUT2D eigenvalue weighted by molar-refractivity contribution is 6.31. The third-order valence-electron chi connectivity index (χ3n) is 4.58. The summed E-state index contributed by atoms with van der Waals surface area (Å²) in [6, 6.07) is 2.79. The second kappa shape index (κ2) is 7.89. The largest absolute Gasteiger partial charge is 0.338 e. The fourth-order valence-corrected chi connectivity index (χ4v) is 3.56. The number of imide groups is 1. The van der Waals surface area contributed by atoms with E-state index in [9.17, 15) is 14.4 Å². The van der Waals surface area contributed by atoms with E-state index < -0.39 is 17.4 Å². The van der Waals surface area contributed by atoms with Crippen molar-refractivity contribution in [2.75, 3.05) is 18.0 Å². The van der Waals surface area contributed by atoms with Gasteiger partial charge in [0.15, 0.2) is 0 Å². The monoisotopic (exact) mass is 393 g/mol. The number of amides is 4. The molecule has 0 bridgehead atoms. The van der Waals surface area contributed by atoms with Crippen LogP contribution in [0.3, 0.4) is 0 Å². The molecular weight excluding hydrogens is 366 g/mol. The van der Waals surface area contributed by atoms with Crippen LogP contribution in [0.4, 0.5) is 10.5 Å². The van der Waals surface area contributed by atoms with E-state index >= 15 is 0 Å². The molecule has 7 heteroatoms. The maximum absolute atomic E-state index is 13.2. The molecule has 0 aliphatic carbocycles. The van der Waals surface area contributed by atoms with Crippen molar-refractivity contribution in [3.63, 3.8) is 0 Å². The minimum atomic E-state index is -0.597. The lowest BCUT2D eigenvalue weighted by molar-refractivity contribution is -0.126. The highest BCUT2D eigenvalue weighted by atomic mass is 35.5. The number of hydrogen-bond donors (Lipinski definition) is 1. The number of carbonyl (C=O) groups is 3. The topological polar surface area (TPSA) is 69.7 Å². The van der Waals surface area contributed by atoms with Crippen LogP contribution in [0, 0.1) is 5.41 Å². The van der Waals surface area contributed by atoms with E-state index in [0.29, 0.717) is 23.7 Å². The number of fused-ring (bicyclic) bond motifs is 1. The summed E-state index contributed by atoms with van der Waals surface area (Å²) in [7, 11) is 0. The van der Waals surface area contributed by atoms with Gasteiger partial charge in [0.25, 0.3) is 5.91 Å². The van der Waals surface area contributed by atoms with E-state index in [1.807, 2.05) is 27.7 Å². The van der Waals surface area contributed by atoms with Crippen molar-refractivity contribution in [2.45, 2.75) is 54.0 Å². The molecule has 0 saturated heterocycles. The SMILES string of the molecule is CCNC(=O)N(CC)C(=O)c1cc(Cl)cc2c1N(C(=O)C(C)(C)C)C(C)C2. The van der Waals surface area contributed by atoms with E-state index in [0.717, 1.165) is 10.5 Å². The van der Waals surface area contributed by atoms with Gasteiger partial charge in [-0.3, -0.25) is 14.5 Å². The molecule has 1 aliphatic heterocycles. The van der Waals surface area contributed by atoms with Crippen molar-refractivity contribution in [2.24, 2.45) is 5.41 Å². The summed E-state index contributed by atoms with van der Waals surface area (Å²) in [6.45, 7) is 11.7. The predicted octanol–water partition coefficient (Wildman–Crippen LogP) is 3.86. The fraction of sp³-hybridized carbons (Fsp3) is 0.550. The predicted molar refractivity (Wildman–Crippen MR) is 107 cm³/mol. The Balaban J connectivity index is 2.58. The first-order chi connectivity index (χ1) is 12.5. The second-order valence-electron chi connectivity index (χ2n) is 7.82. The average molecular weight is 394 g/mol. The van der Waals surface area contributed by atoms with Gasteiger partial charge >= 0.3 is 6.03 Å². The van der Waals surface area contributed by atoms with Crippen molar-refractivity contribution in [1.82, 2.24) is 10.2 Å². The highest BCUT2D eigenvalue weighted by Crippen LogP contribution is 2.40. The summed E-state index contributed by atoms with van der Waals surface area (Å²) in [5.74, 6) is -0.519. The zero-order valence-corrected chi connectivity index (χ0v) is 17.6. The maximum atomic E-state index is 13.2. The van der Waals surface area contributed by atoms with Crippen molar-refractivity contribution < 1.29 is 14.4 Å². The fourth-order valence-electron chi connectivity index (χ4n) is 3.32. The first-order valence-electron chi connectivity index (χ1n) is 9.28. The van der Waals surface area contributed by atoms with E-state index in [-0.39, 0.29) is 24.1 Å². The van der Waals surface area contributed by atoms with Crippen molar-refractivity contribution in [3.8, 4) is 0 Å². The van der Waals surface area contributed by atoms with Gasteiger partial charge in [0.05, 0.1) is 11.3 Å². The lowest BCUT2D eigenvalue weighted by Crippen LogP contribution is -2.46. The molecule has 27 heavy (non-hydrogen) atoms. The van der Waals surface area contributed by atoms with Crippen LogP contribution in [0.5, 0.6) is 0 Å². The molecule has 1 aromatic rings. The molecule has 1 aromatic carbocycles. The Kier molecular flexibility index (Phi) is 6.20. The number of nitrogens with one attached hydrogen (secondary N) is 1. The summed E-state index contributed by atoms with van der Waals surface area (Å²) in [5, 5.41) is 3.07. The Morgan fingerprint density at radius 3 is 2.41 bits per heavy atom. The van der Waals surface area contributed by atoms with Crippen LogP contribution in [0.25, 0.3) is 0 Å². The summed E-state index contributed by atoms with van der Waals surface area (Å²) >= 11 is 6.25. The third-order valence-corrected chi connectivity index (χ3v) is 4.79. The minimum absolute atomic E-state index is 0.0637. The number of anilines is 1. The standard InChI is InChI=1S/C20H28ClN3O3/c1-7-22-19(27)23(8-2)17(25)15-11-14(21)10-13-9-12(3)24(16(13)15)18(26)20(4,5)6/h10-12H,7-9H2,1-6H3,(H,22,27). The summed E-state index contributed by atoms with van der Waals surface area (Å²) in [4.78, 5) is 41.4. The molecule has 0 fully saturated rings. The van der Waals surface area contributed by atoms with Gasteiger partial charge in [-0.15, -0.1) is 0 Å². The zero-order chi connectivity index (χ0) is 20.5. The van der Waals surface area contributed by atoms with Gasteiger partial charge in [-0.1, -0.05) is 32.4 Å². The molecule has 0 aromatic heterocycles. The number of hydrogen-bond acceptors (Lipinski definition) is 3. The van der Waals surface area contributed by atoms with Crippen molar-refractivity contribution in [3.05, 3.63) is 28.3 Å². The Hall–Kier alpha value is -2.08. The van der Waals surface area contributed by atoms with Gasteiger partial charge in [0, 0.05) is 29.6 Å². The lowest BCUT2D eigenvalue weighted by atomic mass is 9.94. The zero-order valence-electron chi connectivity index (χ0n) is 16.9. The van der Waals surface area contributed by atoms with Crippen molar-refractivity contribution >= 4 is 35.1 Å². The number of benzene rings is 1. The van der Waals surface area contributed by atoms with Gasteiger partial charge in [0.2, 0.25) is 5.91 Å². The van der Waals surface area contributed by atoms with Crippen LogP contribution in [-0.4, -0.2) is 41.9 Å². The van der Waals surface area contributed by atoms with Crippen LogP contribution in [0.15, 0.2) is 12.1 Å². The normalized spacial score (nSPS) is 16.1. The molecule has 1 unspecified atom stereocenters. The molecule has 0 saturated carbocycles. The molecule has 6 nitrogen and oxygen atoms in total. The lowest BCUT2D eigenvalue weighted by Gasteiger charge is -2.31. The van der Waals surface area contributed by atoms with Gasteiger partial charge in [-0.25, -0.2) is 4.79 Å². The molecule has 4 amide bonds. The number of carbonyl (C=O) groups excluding carboxylic acids is 3.